The smallest absolute Gasteiger partial charge is 0.311 e. The molecule has 2 saturated carbocycles. The van der Waals surface area contributed by atoms with Crippen LogP contribution in [0.1, 0.15) is 53.4 Å². The number of carbonyl (C=O) groups is 3. The molecule has 32 heavy (non-hydrogen) atoms. The van der Waals surface area contributed by atoms with Crippen molar-refractivity contribution in [3.63, 3.8) is 0 Å². The molecule has 0 heterocycles. The molecule has 5 nitrogen and oxygen atoms in total. The van der Waals surface area contributed by atoms with Gasteiger partial charge in [0.25, 0.3) is 0 Å². The highest BCUT2D eigenvalue weighted by molar-refractivity contribution is 6.01. The van der Waals surface area contributed by atoms with Crippen LogP contribution in [-0.4, -0.2) is 35.4 Å². The van der Waals surface area contributed by atoms with Crippen LogP contribution in [0.4, 0.5) is 4.39 Å². The molecule has 2 unspecified atom stereocenters. The molecule has 0 aromatic rings. The van der Waals surface area contributed by atoms with Crippen LogP contribution in [0.2, 0.25) is 0 Å². The topological polar surface area (TPSA) is 80.7 Å². The fraction of sp³-hybridized carbons (Fsp3) is 0.654. The summed E-state index contributed by atoms with van der Waals surface area (Å²) < 4.78 is 20.4. The van der Waals surface area contributed by atoms with Crippen molar-refractivity contribution >= 4 is 17.5 Å². The Bertz CT molecular complexity index is 931. The molecule has 4 aliphatic carbocycles. The average Bonchev–Trinajstić information content (AvgIpc) is 3.10. The Hall–Kier alpha value is -2.08. The number of aliphatic hydroxyl groups excluding tert-OH is 1. The van der Waals surface area contributed by atoms with Gasteiger partial charge in [-0.1, -0.05) is 19.9 Å². The second kappa shape index (κ2) is 8.05. The van der Waals surface area contributed by atoms with Gasteiger partial charge in [-0.2, -0.15) is 0 Å². The summed E-state index contributed by atoms with van der Waals surface area (Å²) >= 11 is 0. The number of halogens is 1. The number of esters is 1. The number of ketones is 2. The van der Waals surface area contributed by atoms with E-state index in [-0.39, 0.29) is 53.1 Å². The lowest BCUT2D eigenvalue weighted by Crippen LogP contribution is -2.49. The van der Waals surface area contributed by atoms with Crippen LogP contribution in [0.5, 0.6) is 0 Å². The average molecular weight is 445 g/mol. The highest BCUT2D eigenvalue weighted by Crippen LogP contribution is 2.65. The molecule has 0 aromatic carbocycles. The van der Waals surface area contributed by atoms with Crippen molar-refractivity contribution in [3.8, 4) is 0 Å². The first-order chi connectivity index (χ1) is 15.0. The van der Waals surface area contributed by atoms with Crippen molar-refractivity contribution < 1.29 is 28.6 Å². The molecule has 0 radical (unpaired) electrons. The van der Waals surface area contributed by atoms with Crippen LogP contribution in [-0.2, 0) is 19.1 Å². The second-order valence-corrected chi connectivity index (χ2v) is 10.7. The first kappa shape index (κ1) is 23.1. The van der Waals surface area contributed by atoms with E-state index in [4.69, 9.17) is 4.74 Å². The molecule has 0 spiro atoms. The molecular weight excluding hydrogens is 411 g/mol. The standard InChI is InChI=1S/C26H33FO5/c1-14(15(2)28)24(31)32-13-23(30)20-6-5-18-17-12-22(27)21-11-16(29)7-9-26(21,4)19(17)8-10-25(18,20)3/h7,9,11-12,14-15,17-20,28H,5-6,8,10,13H2,1-4H3/t14?,15?,17-,18-,19-,20+,25-,26+/m0/s1. The second-order valence-electron chi connectivity index (χ2n) is 10.7. The van der Waals surface area contributed by atoms with E-state index < -0.39 is 23.4 Å². The van der Waals surface area contributed by atoms with Crippen LogP contribution in [0.25, 0.3) is 0 Å². The lowest BCUT2D eigenvalue weighted by Gasteiger charge is -2.54. The fourth-order valence-corrected chi connectivity index (χ4v) is 6.83. The number of hydrogen-bond acceptors (Lipinski definition) is 5. The van der Waals surface area contributed by atoms with Crippen molar-refractivity contribution in [1.29, 1.82) is 0 Å². The first-order valence-electron chi connectivity index (χ1n) is 11.7. The van der Waals surface area contributed by atoms with Gasteiger partial charge in [0.05, 0.1) is 12.0 Å². The number of fused-ring (bicyclic) bond motifs is 5. The number of allylic oxidation sites excluding steroid dienone is 6. The Morgan fingerprint density at radius 2 is 1.94 bits per heavy atom. The quantitative estimate of drug-likeness (QED) is 0.646. The third-order valence-corrected chi connectivity index (χ3v) is 9.00. The monoisotopic (exact) mass is 444 g/mol. The number of rotatable bonds is 5. The molecule has 0 aliphatic heterocycles. The molecule has 174 valence electrons. The zero-order valence-electron chi connectivity index (χ0n) is 19.3. The molecule has 6 heteroatoms. The zero-order chi connectivity index (χ0) is 23.4. The highest BCUT2D eigenvalue weighted by Gasteiger charge is 2.59. The van der Waals surface area contributed by atoms with Crippen LogP contribution in [0, 0.1) is 40.4 Å². The minimum atomic E-state index is -0.835. The van der Waals surface area contributed by atoms with Crippen molar-refractivity contribution in [3.05, 3.63) is 35.7 Å². The summed E-state index contributed by atoms with van der Waals surface area (Å²) in [5.74, 6) is -1.70. The Labute approximate surface area is 188 Å². The van der Waals surface area contributed by atoms with Gasteiger partial charge < -0.3 is 9.84 Å². The Kier molecular flexibility index (Phi) is 5.81. The fourth-order valence-electron chi connectivity index (χ4n) is 6.83. The normalized spacial score (nSPS) is 39.8. The molecule has 0 amide bonds. The predicted molar refractivity (Wildman–Crippen MR) is 117 cm³/mol. The van der Waals surface area contributed by atoms with E-state index in [0.29, 0.717) is 12.0 Å². The summed E-state index contributed by atoms with van der Waals surface area (Å²) in [4.78, 5) is 37.0. The summed E-state index contributed by atoms with van der Waals surface area (Å²) in [7, 11) is 0. The largest absolute Gasteiger partial charge is 0.457 e. The number of aliphatic hydroxyl groups is 1. The lowest BCUT2D eigenvalue weighted by molar-refractivity contribution is -0.156. The van der Waals surface area contributed by atoms with Crippen molar-refractivity contribution in [2.75, 3.05) is 6.61 Å². The molecular formula is C26H33FO5. The zero-order valence-corrected chi connectivity index (χ0v) is 19.3. The molecule has 2 fully saturated rings. The summed E-state index contributed by atoms with van der Waals surface area (Å²) in [6, 6.07) is 0. The van der Waals surface area contributed by atoms with Gasteiger partial charge in [0.15, 0.2) is 11.6 Å². The predicted octanol–water partition coefficient (Wildman–Crippen LogP) is 4.11. The van der Waals surface area contributed by atoms with Crippen molar-refractivity contribution in [2.24, 2.45) is 40.4 Å². The summed E-state index contributed by atoms with van der Waals surface area (Å²) in [5, 5.41) is 9.56. The maximum Gasteiger partial charge on any atom is 0.311 e. The summed E-state index contributed by atoms with van der Waals surface area (Å²) in [6.07, 6.45) is 8.93. The Morgan fingerprint density at radius 3 is 2.62 bits per heavy atom. The van der Waals surface area contributed by atoms with Gasteiger partial charge in [-0.3, -0.25) is 14.4 Å². The van der Waals surface area contributed by atoms with Gasteiger partial charge in [-0.25, -0.2) is 4.39 Å². The van der Waals surface area contributed by atoms with Gasteiger partial charge in [-0.05, 0) is 80.9 Å². The van der Waals surface area contributed by atoms with Crippen LogP contribution in [0.3, 0.4) is 0 Å². The Balaban J connectivity index is 1.53. The van der Waals surface area contributed by atoms with E-state index in [0.717, 1.165) is 19.3 Å². The third kappa shape index (κ3) is 3.51. The summed E-state index contributed by atoms with van der Waals surface area (Å²) in [5.41, 5.74) is -0.295. The maximum absolute atomic E-state index is 15.2. The van der Waals surface area contributed by atoms with E-state index in [1.807, 2.05) is 13.0 Å². The van der Waals surface area contributed by atoms with Crippen LogP contribution >= 0.6 is 0 Å². The molecule has 4 aliphatic rings. The van der Waals surface area contributed by atoms with E-state index >= 15 is 4.39 Å². The van der Waals surface area contributed by atoms with Crippen LogP contribution in [0.15, 0.2) is 35.7 Å². The van der Waals surface area contributed by atoms with Gasteiger partial charge in [0.2, 0.25) is 0 Å². The molecule has 0 bridgehead atoms. The number of Topliss-reactive ketones (excluding diaryl/α,β-unsaturated/α-hetero) is 1. The molecule has 8 atom stereocenters. The molecule has 0 saturated heterocycles. The maximum atomic E-state index is 15.2. The third-order valence-electron chi connectivity index (χ3n) is 9.00. The number of hydrogen-bond donors (Lipinski definition) is 1. The van der Waals surface area contributed by atoms with Gasteiger partial charge in [0, 0.05) is 16.9 Å². The molecule has 4 rings (SSSR count). The first-order valence-corrected chi connectivity index (χ1v) is 11.7. The van der Waals surface area contributed by atoms with Gasteiger partial charge >= 0.3 is 5.97 Å². The van der Waals surface area contributed by atoms with E-state index in [1.165, 1.54) is 13.0 Å². The summed E-state index contributed by atoms with van der Waals surface area (Å²) in [6.45, 7) is 6.96. The van der Waals surface area contributed by atoms with Gasteiger partial charge in [-0.15, -0.1) is 0 Å². The molecule has 0 aromatic heterocycles. The van der Waals surface area contributed by atoms with E-state index in [1.54, 1.807) is 19.1 Å². The SMILES string of the molecule is CC(O)C(C)C(=O)OCC(=O)[C@H]1CC[C@H]2[C@@H]3C=C(F)C4=CC(=O)C=C[C@]4(C)[C@H]3CC[C@]12C. The lowest BCUT2D eigenvalue weighted by atomic mass is 9.49. The van der Waals surface area contributed by atoms with E-state index in [9.17, 15) is 19.5 Å². The molecule has 1 N–H and O–H groups in total. The van der Waals surface area contributed by atoms with E-state index in [2.05, 4.69) is 6.92 Å². The van der Waals surface area contributed by atoms with Crippen molar-refractivity contribution in [1.82, 2.24) is 0 Å². The minimum absolute atomic E-state index is 0.00404. The van der Waals surface area contributed by atoms with Crippen molar-refractivity contribution in [2.45, 2.75) is 59.5 Å². The van der Waals surface area contributed by atoms with Crippen LogP contribution < -0.4 is 0 Å². The highest BCUT2D eigenvalue weighted by atomic mass is 19.1. The number of ether oxygens (including phenoxy) is 1. The number of carbonyl (C=O) groups excluding carboxylic acids is 3. The Morgan fingerprint density at radius 1 is 1.22 bits per heavy atom. The minimum Gasteiger partial charge on any atom is -0.457 e. The van der Waals surface area contributed by atoms with Gasteiger partial charge in [0.1, 0.15) is 12.4 Å².